The molecule has 106 valence electrons. The molecule has 1 heterocycles. The van der Waals surface area contributed by atoms with Gasteiger partial charge in [-0.05, 0) is 38.9 Å². The van der Waals surface area contributed by atoms with Crippen molar-refractivity contribution in [3.63, 3.8) is 0 Å². The lowest BCUT2D eigenvalue weighted by molar-refractivity contribution is 0.100. The molecule has 1 saturated heterocycles. The predicted octanol–water partition coefficient (Wildman–Crippen LogP) is 1.94. The third kappa shape index (κ3) is 3.35. The Hall–Kier alpha value is -0.900. The number of benzene rings is 1. The molecule has 0 radical (unpaired) electrons. The Labute approximate surface area is 117 Å². The number of aryl methyl sites for hydroxylation is 2. The van der Waals surface area contributed by atoms with Crippen molar-refractivity contribution in [3.8, 4) is 0 Å². The second-order valence-corrected chi connectivity index (χ2v) is 6.00. The Balaban J connectivity index is 2.24. The minimum absolute atomic E-state index is 0.157. The molecule has 2 atom stereocenters. The lowest BCUT2D eigenvalue weighted by atomic mass is 9.93. The third-order valence-corrected chi connectivity index (χ3v) is 4.17. The molecule has 3 nitrogen and oxygen atoms in total. The smallest absolute Gasteiger partial charge is 0.0500 e. The van der Waals surface area contributed by atoms with Crippen LogP contribution in [0.15, 0.2) is 18.2 Å². The van der Waals surface area contributed by atoms with Gasteiger partial charge in [-0.2, -0.15) is 0 Å². The van der Waals surface area contributed by atoms with E-state index >= 15 is 0 Å². The molecule has 0 aromatic heterocycles. The molecular formula is C16H27N3. The summed E-state index contributed by atoms with van der Waals surface area (Å²) in [6.45, 7) is 11.0. The molecule has 19 heavy (non-hydrogen) atoms. The van der Waals surface area contributed by atoms with Crippen molar-refractivity contribution in [2.75, 3.05) is 33.2 Å². The van der Waals surface area contributed by atoms with E-state index in [-0.39, 0.29) is 6.04 Å². The topological polar surface area (TPSA) is 32.5 Å². The lowest BCUT2D eigenvalue weighted by Gasteiger charge is -2.40. The summed E-state index contributed by atoms with van der Waals surface area (Å²) in [5, 5.41) is 0. The molecule has 1 aromatic rings. The van der Waals surface area contributed by atoms with Gasteiger partial charge in [0.05, 0.1) is 0 Å². The minimum Gasteiger partial charge on any atom is -0.326 e. The molecule has 0 bridgehead atoms. The van der Waals surface area contributed by atoms with Crippen LogP contribution in [0.3, 0.4) is 0 Å². The molecule has 0 spiro atoms. The first-order valence-electron chi connectivity index (χ1n) is 7.24. The summed E-state index contributed by atoms with van der Waals surface area (Å²) in [5.74, 6) is 0. The number of piperazine rings is 1. The van der Waals surface area contributed by atoms with Crippen LogP contribution in [0.2, 0.25) is 0 Å². The van der Waals surface area contributed by atoms with Crippen LogP contribution in [0.4, 0.5) is 0 Å². The first-order chi connectivity index (χ1) is 8.99. The highest BCUT2D eigenvalue weighted by molar-refractivity contribution is 5.33. The summed E-state index contributed by atoms with van der Waals surface area (Å²) in [7, 11) is 2.19. The number of nitrogens with two attached hydrogens (primary N) is 1. The highest BCUT2D eigenvalue weighted by Crippen LogP contribution is 2.27. The zero-order valence-corrected chi connectivity index (χ0v) is 12.7. The van der Waals surface area contributed by atoms with Gasteiger partial charge in [0.2, 0.25) is 0 Å². The molecule has 1 aromatic carbocycles. The fourth-order valence-electron chi connectivity index (χ4n) is 3.07. The number of nitrogens with zero attached hydrogens (tertiary/aromatic N) is 2. The van der Waals surface area contributed by atoms with Crippen LogP contribution >= 0.6 is 0 Å². The van der Waals surface area contributed by atoms with Gasteiger partial charge in [-0.3, -0.25) is 4.90 Å². The van der Waals surface area contributed by atoms with Crippen LogP contribution in [0.5, 0.6) is 0 Å². The van der Waals surface area contributed by atoms with Gasteiger partial charge in [-0.15, -0.1) is 0 Å². The van der Waals surface area contributed by atoms with Gasteiger partial charge in [0.1, 0.15) is 0 Å². The Morgan fingerprint density at radius 1 is 1.11 bits per heavy atom. The normalized spacial score (nSPS) is 21.3. The Bertz CT molecular complexity index is 420. The average molecular weight is 261 g/mol. The minimum atomic E-state index is 0.157. The van der Waals surface area contributed by atoms with Gasteiger partial charge in [0, 0.05) is 38.3 Å². The van der Waals surface area contributed by atoms with Crippen LogP contribution in [0.25, 0.3) is 0 Å². The Kier molecular flexibility index (Phi) is 4.61. The maximum absolute atomic E-state index is 6.29. The second-order valence-electron chi connectivity index (χ2n) is 6.00. The molecule has 2 rings (SSSR count). The molecule has 0 saturated carbocycles. The zero-order chi connectivity index (χ0) is 14.0. The SMILES string of the molecule is Cc1ccc(C(C(C)N)N2CCN(C)CC2)c(C)c1. The van der Waals surface area contributed by atoms with E-state index in [9.17, 15) is 0 Å². The highest BCUT2D eigenvalue weighted by atomic mass is 15.3. The van der Waals surface area contributed by atoms with E-state index in [4.69, 9.17) is 5.73 Å². The molecule has 1 aliphatic rings. The molecule has 1 fully saturated rings. The Morgan fingerprint density at radius 2 is 1.74 bits per heavy atom. The van der Waals surface area contributed by atoms with Crippen LogP contribution in [0.1, 0.15) is 29.7 Å². The fraction of sp³-hybridized carbons (Fsp3) is 0.625. The number of rotatable bonds is 3. The quantitative estimate of drug-likeness (QED) is 0.902. The third-order valence-electron chi connectivity index (χ3n) is 4.17. The van der Waals surface area contributed by atoms with E-state index in [0.29, 0.717) is 6.04 Å². The maximum Gasteiger partial charge on any atom is 0.0500 e. The summed E-state index contributed by atoms with van der Waals surface area (Å²) in [4.78, 5) is 4.93. The molecule has 2 unspecified atom stereocenters. The predicted molar refractivity (Wildman–Crippen MR) is 81.4 cm³/mol. The van der Waals surface area contributed by atoms with E-state index in [1.54, 1.807) is 0 Å². The lowest BCUT2D eigenvalue weighted by Crippen LogP contribution is -2.49. The number of likely N-dealkylation sites (N-methyl/N-ethyl adjacent to an activating group) is 1. The summed E-state index contributed by atoms with van der Waals surface area (Å²) >= 11 is 0. The zero-order valence-electron chi connectivity index (χ0n) is 12.7. The molecule has 0 aliphatic carbocycles. The van der Waals surface area contributed by atoms with Gasteiger partial charge in [-0.25, -0.2) is 0 Å². The summed E-state index contributed by atoms with van der Waals surface area (Å²) < 4.78 is 0. The van der Waals surface area contributed by atoms with Gasteiger partial charge in [0.15, 0.2) is 0 Å². The molecule has 3 heteroatoms. The van der Waals surface area contributed by atoms with Gasteiger partial charge in [0.25, 0.3) is 0 Å². The molecular weight excluding hydrogens is 234 g/mol. The largest absolute Gasteiger partial charge is 0.326 e. The van der Waals surface area contributed by atoms with E-state index in [2.05, 4.69) is 55.8 Å². The van der Waals surface area contributed by atoms with Crippen LogP contribution in [0, 0.1) is 13.8 Å². The van der Waals surface area contributed by atoms with Crippen molar-refractivity contribution in [1.29, 1.82) is 0 Å². The molecule has 1 aliphatic heterocycles. The first-order valence-corrected chi connectivity index (χ1v) is 7.24. The van der Waals surface area contributed by atoms with E-state index in [0.717, 1.165) is 26.2 Å². The second kappa shape index (κ2) is 6.04. The van der Waals surface area contributed by atoms with E-state index in [1.165, 1.54) is 16.7 Å². The van der Waals surface area contributed by atoms with E-state index in [1.807, 2.05) is 0 Å². The Morgan fingerprint density at radius 3 is 2.26 bits per heavy atom. The standard InChI is InChI=1S/C16H27N3/c1-12-5-6-15(13(2)11-12)16(14(3)17)19-9-7-18(4)8-10-19/h5-6,11,14,16H,7-10,17H2,1-4H3. The van der Waals surface area contributed by atoms with Gasteiger partial charge < -0.3 is 10.6 Å². The molecule has 0 amide bonds. The van der Waals surface area contributed by atoms with Crippen LogP contribution in [-0.2, 0) is 0 Å². The fourth-order valence-corrected chi connectivity index (χ4v) is 3.07. The monoisotopic (exact) mass is 261 g/mol. The van der Waals surface area contributed by atoms with Crippen LogP contribution < -0.4 is 5.73 Å². The maximum atomic E-state index is 6.29. The van der Waals surface area contributed by atoms with Crippen molar-refractivity contribution in [2.45, 2.75) is 32.9 Å². The van der Waals surface area contributed by atoms with Crippen molar-refractivity contribution < 1.29 is 0 Å². The summed E-state index contributed by atoms with van der Waals surface area (Å²) in [6.07, 6.45) is 0. The highest BCUT2D eigenvalue weighted by Gasteiger charge is 2.27. The van der Waals surface area contributed by atoms with Gasteiger partial charge >= 0.3 is 0 Å². The first kappa shape index (κ1) is 14.5. The summed E-state index contributed by atoms with van der Waals surface area (Å²) in [5.41, 5.74) is 10.4. The van der Waals surface area contributed by atoms with Crippen LogP contribution in [-0.4, -0.2) is 49.1 Å². The van der Waals surface area contributed by atoms with Gasteiger partial charge in [-0.1, -0.05) is 23.8 Å². The van der Waals surface area contributed by atoms with Crippen molar-refractivity contribution in [2.24, 2.45) is 5.73 Å². The molecule has 2 N–H and O–H groups in total. The van der Waals surface area contributed by atoms with Crippen molar-refractivity contribution in [1.82, 2.24) is 9.80 Å². The van der Waals surface area contributed by atoms with Crippen molar-refractivity contribution >= 4 is 0 Å². The van der Waals surface area contributed by atoms with Crippen molar-refractivity contribution in [3.05, 3.63) is 34.9 Å². The summed E-state index contributed by atoms with van der Waals surface area (Å²) in [6, 6.07) is 7.23. The number of hydrogen-bond donors (Lipinski definition) is 1. The average Bonchev–Trinajstić information content (AvgIpc) is 2.34. The number of hydrogen-bond acceptors (Lipinski definition) is 3. The van der Waals surface area contributed by atoms with E-state index < -0.39 is 0 Å².